The number of benzene rings is 1. The average molecular weight is 317 g/mol. The fraction of sp³-hybridized carbons (Fsp3) is 0.462. The van der Waals surface area contributed by atoms with Crippen LogP contribution in [0, 0.1) is 0 Å². The van der Waals surface area contributed by atoms with Gasteiger partial charge in [0.1, 0.15) is 0 Å². The van der Waals surface area contributed by atoms with Crippen LogP contribution in [0.3, 0.4) is 0 Å². The summed E-state index contributed by atoms with van der Waals surface area (Å²) in [6.45, 7) is -0.00212. The van der Waals surface area contributed by atoms with E-state index in [9.17, 15) is 13.2 Å². The Bertz CT molecular complexity index is 549. The second-order valence-electron chi connectivity index (χ2n) is 4.30. The molecule has 0 bridgehead atoms. The van der Waals surface area contributed by atoms with Crippen LogP contribution in [0.1, 0.15) is 16.8 Å². The molecule has 0 aromatic heterocycles. The molecule has 0 aliphatic carbocycles. The fourth-order valence-electron chi connectivity index (χ4n) is 1.71. The first-order chi connectivity index (χ1) is 9.94. The van der Waals surface area contributed by atoms with Gasteiger partial charge in [-0.1, -0.05) is 0 Å². The number of esters is 1. The molecule has 0 fully saturated rings. The van der Waals surface area contributed by atoms with Gasteiger partial charge in [-0.05, 0) is 30.7 Å². The fourth-order valence-corrected chi connectivity index (χ4v) is 2.96. The second-order valence-corrected chi connectivity index (χ2v) is 6.02. The summed E-state index contributed by atoms with van der Waals surface area (Å²) in [5, 5.41) is 8.91. The second kappa shape index (κ2) is 8.08. The third-order valence-electron chi connectivity index (χ3n) is 2.75. The van der Waals surface area contributed by atoms with Crippen LogP contribution in [-0.2, 0) is 19.5 Å². The summed E-state index contributed by atoms with van der Waals surface area (Å²) < 4.78 is 36.2. The van der Waals surface area contributed by atoms with E-state index in [1.165, 1.54) is 38.5 Å². The van der Waals surface area contributed by atoms with E-state index in [1.807, 2.05) is 0 Å². The zero-order chi connectivity index (χ0) is 15.9. The van der Waals surface area contributed by atoms with Crippen LogP contribution >= 0.6 is 0 Å². The van der Waals surface area contributed by atoms with E-state index in [4.69, 9.17) is 9.84 Å². The lowest BCUT2D eigenvalue weighted by molar-refractivity contribution is 0.0600. The number of hydrogen-bond acceptors (Lipinski definition) is 6. The largest absolute Gasteiger partial charge is 0.465 e. The molecule has 7 nitrogen and oxygen atoms in total. The van der Waals surface area contributed by atoms with Crippen molar-refractivity contribution in [1.29, 1.82) is 0 Å². The highest BCUT2D eigenvalue weighted by Gasteiger charge is 2.20. The number of ether oxygens (including phenoxy) is 2. The zero-order valence-electron chi connectivity index (χ0n) is 11.9. The van der Waals surface area contributed by atoms with Crippen molar-refractivity contribution in [2.45, 2.75) is 17.4 Å². The van der Waals surface area contributed by atoms with Gasteiger partial charge in [0.25, 0.3) is 0 Å². The molecule has 0 saturated heterocycles. The summed E-state index contributed by atoms with van der Waals surface area (Å²) in [7, 11) is -1.05. The Morgan fingerprint density at radius 3 is 2.38 bits per heavy atom. The number of methoxy groups -OCH3 is 2. The maximum absolute atomic E-state index is 12.2. The molecule has 1 atom stereocenters. The third-order valence-corrected chi connectivity index (χ3v) is 4.29. The normalized spacial score (nSPS) is 12.9. The lowest BCUT2D eigenvalue weighted by Gasteiger charge is -2.17. The van der Waals surface area contributed by atoms with Gasteiger partial charge in [0.2, 0.25) is 10.0 Å². The van der Waals surface area contributed by atoms with Crippen molar-refractivity contribution in [2.24, 2.45) is 0 Å². The summed E-state index contributed by atoms with van der Waals surface area (Å²) in [4.78, 5) is 11.3. The number of nitrogens with one attached hydrogen (secondary N) is 1. The van der Waals surface area contributed by atoms with Crippen LogP contribution in [0.2, 0.25) is 0 Å². The first kappa shape index (κ1) is 17.6. The molecule has 0 spiro atoms. The van der Waals surface area contributed by atoms with Crippen molar-refractivity contribution < 1.29 is 27.8 Å². The SMILES string of the molecule is COCC(CCO)NS(=O)(=O)c1ccc(C(=O)OC)cc1. The molecule has 0 amide bonds. The molecular formula is C13H19NO6S. The Morgan fingerprint density at radius 1 is 1.29 bits per heavy atom. The van der Waals surface area contributed by atoms with E-state index in [1.54, 1.807) is 0 Å². The van der Waals surface area contributed by atoms with Crippen LogP contribution in [0.15, 0.2) is 29.2 Å². The van der Waals surface area contributed by atoms with Crippen molar-refractivity contribution in [2.75, 3.05) is 27.4 Å². The summed E-state index contributed by atoms with van der Waals surface area (Å²) in [6, 6.07) is 4.86. The minimum absolute atomic E-state index is 0.0224. The quantitative estimate of drug-likeness (QED) is 0.662. The van der Waals surface area contributed by atoms with E-state index in [-0.39, 0.29) is 30.1 Å². The monoisotopic (exact) mass is 317 g/mol. The minimum Gasteiger partial charge on any atom is -0.465 e. The molecule has 0 radical (unpaired) electrons. The highest BCUT2D eigenvalue weighted by Crippen LogP contribution is 2.12. The molecule has 1 aromatic carbocycles. The first-order valence-corrected chi connectivity index (χ1v) is 7.73. The van der Waals surface area contributed by atoms with Gasteiger partial charge in [0, 0.05) is 19.8 Å². The summed E-state index contributed by atoms with van der Waals surface area (Å²) in [5.74, 6) is -0.538. The predicted molar refractivity (Wildman–Crippen MR) is 75.5 cm³/mol. The number of carbonyl (C=O) groups excluding carboxylic acids is 1. The number of sulfonamides is 1. The van der Waals surface area contributed by atoms with E-state index in [0.29, 0.717) is 0 Å². The maximum atomic E-state index is 12.2. The molecule has 0 aliphatic rings. The predicted octanol–water partition coefficient (Wildman–Crippen LogP) is 0.149. The van der Waals surface area contributed by atoms with Crippen LogP contribution in [0.25, 0.3) is 0 Å². The van der Waals surface area contributed by atoms with E-state index in [0.717, 1.165) is 0 Å². The Morgan fingerprint density at radius 2 is 1.90 bits per heavy atom. The zero-order valence-corrected chi connectivity index (χ0v) is 12.7. The van der Waals surface area contributed by atoms with Crippen LogP contribution in [0.4, 0.5) is 0 Å². The van der Waals surface area contributed by atoms with Gasteiger partial charge in [-0.3, -0.25) is 0 Å². The van der Waals surface area contributed by atoms with Crippen LogP contribution in [-0.4, -0.2) is 53.0 Å². The first-order valence-electron chi connectivity index (χ1n) is 6.25. The summed E-state index contributed by atoms with van der Waals surface area (Å²) in [6.07, 6.45) is 0.243. The molecule has 2 N–H and O–H groups in total. The van der Waals surface area contributed by atoms with Gasteiger partial charge in [0.05, 0.1) is 24.2 Å². The van der Waals surface area contributed by atoms with Gasteiger partial charge in [-0.25, -0.2) is 17.9 Å². The molecule has 1 rings (SSSR count). The third kappa shape index (κ3) is 5.09. The highest BCUT2D eigenvalue weighted by atomic mass is 32.2. The molecule has 0 saturated carbocycles. The molecule has 0 heterocycles. The summed E-state index contributed by atoms with van der Waals surface area (Å²) >= 11 is 0. The van der Waals surface area contributed by atoms with Crippen molar-refractivity contribution in [3.05, 3.63) is 29.8 Å². The Hall–Kier alpha value is -1.48. The Balaban J connectivity index is 2.89. The lowest BCUT2D eigenvalue weighted by Crippen LogP contribution is -2.38. The Labute approximate surface area is 123 Å². The van der Waals surface area contributed by atoms with Gasteiger partial charge in [-0.2, -0.15) is 0 Å². The topological polar surface area (TPSA) is 102 Å². The number of hydrogen-bond donors (Lipinski definition) is 2. The van der Waals surface area contributed by atoms with Gasteiger partial charge >= 0.3 is 5.97 Å². The standard InChI is InChI=1S/C13H19NO6S/c1-19-9-11(7-8-15)14-21(17,18)12-5-3-10(4-6-12)13(16)20-2/h3-6,11,14-15H,7-9H2,1-2H3. The van der Waals surface area contributed by atoms with Crippen molar-refractivity contribution in [1.82, 2.24) is 4.72 Å². The van der Waals surface area contributed by atoms with E-state index >= 15 is 0 Å². The van der Waals surface area contributed by atoms with Crippen LogP contribution < -0.4 is 4.72 Å². The molecule has 1 aromatic rings. The number of rotatable bonds is 8. The molecular weight excluding hydrogens is 298 g/mol. The van der Waals surface area contributed by atoms with Gasteiger partial charge < -0.3 is 14.6 Å². The highest BCUT2D eigenvalue weighted by molar-refractivity contribution is 7.89. The van der Waals surface area contributed by atoms with Crippen molar-refractivity contribution in [3.63, 3.8) is 0 Å². The maximum Gasteiger partial charge on any atom is 0.337 e. The molecule has 1 unspecified atom stereocenters. The van der Waals surface area contributed by atoms with Gasteiger partial charge in [0.15, 0.2) is 0 Å². The lowest BCUT2D eigenvalue weighted by atomic mass is 10.2. The molecule has 8 heteroatoms. The van der Waals surface area contributed by atoms with E-state index < -0.39 is 22.0 Å². The Kier molecular flexibility index (Phi) is 6.76. The van der Waals surface area contributed by atoms with E-state index in [2.05, 4.69) is 9.46 Å². The molecule has 0 aliphatic heterocycles. The minimum atomic E-state index is -3.75. The number of aliphatic hydroxyl groups is 1. The number of aliphatic hydroxyl groups excluding tert-OH is 1. The average Bonchev–Trinajstić information content (AvgIpc) is 2.46. The smallest absolute Gasteiger partial charge is 0.337 e. The van der Waals surface area contributed by atoms with Crippen molar-refractivity contribution in [3.8, 4) is 0 Å². The molecule has 21 heavy (non-hydrogen) atoms. The van der Waals surface area contributed by atoms with Crippen molar-refractivity contribution >= 4 is 16.0 Å². The molecule has 118 valence electrons. The number of carbonyl (C=O) groups is 1. The van der Waals surface area contributed by atoms with Gasteiger partial charge in [-0.15, -0.1) is 0 Å². The van der Waals surface area contributed by atoms with Crippen LogP contribution in [0.5, 0.6) is 0 Å². The summed E-state index contributed by atoms with van der Waals surface area (Å²) in [5.41, 5.74) is 0.264.